The van der Waals surface area contributed by atoms with Crippen LogP contribution in [0.5, 0.6) is 0 Å². The zero-order chi connectivity index (χ0) is 27.2. The molecule has 2 aromatic carbocycles. The molecule has 1 aromatic heterocycles. The molecule has 1 saturated heterocycles. The third kappa shape index (κ3) is 5.90. The molecule has 2 amide bonds. The molecule has 1 fully saturated rings. The molecular weight excluding hydrogens is 480 g/mol. The first-order valence-corrected chi connectivity index (χ1v) is 13.0. The maximum absolute atomic E-state index is 13.7. The van der Waals surface area contributed by atoms with Crippen molar-refractivity contribution in [3.8, 4) is 0 Å². The molecule has 0 N–H and O–H groups in total. The summed E-state index contributed by atoms with van der Waals surface area (Å²) in [6, 6.07) is 19.0. The van der Waals surface area contributed by atoms with Gasteiger partial charge in [0.05, 0.1) is 11.6 Å². The molecule has 1 aliphatic rings. The Kier molecular flexibility index (Phi) is 8.51. The molecule has 1 aliphatic heterocycles. The second kappa shape index (κ2) is 12.0. The van der Waals surface area contributed by atoms with Crippen LogP contribution in [-0.4, -0.2) is 63.2 Å². The maximum atomic E-state index is 13.7. The molecule has 0 radical (unpaired) electrons. The van der Waals surface area contributed by atoms with Crippen LogP contribution in [0, 0.1) is 13.8 Å². The molecular formula is C30H34N4O4. The van der Waals surface area contributed by atoms with Gasteiger partial charge < -0.3 is 14.5 Å². The zero-order valence-electron chi connectivity index (χ0n) is 22.4. The summed E-state index contributed by atoms with van der Waals surface area (Å²) in [6.45, 7) is 8.51. The van der Waals surface area contributed by atoms with Crippen molar-refractivity contribution in [1.82, 2.24) is 19.8 Å². The van der Waals surface area contributed by atoms with Crippen molar-refractivity contribution in [1.29, 1.82) is 0 Å². The summed E-state index contributed by atoms with van der Waals surface area (Å²) in [7, 11) is 0. The van der Waals surface area contributed by atoms with Crippen molar-refractivity contribution >= 4 is 17.8 Å². The first-order chi connectivity index (χ1) is 18.3. The molecule has 0 bridgehead atoms. The first kappa shape index (κ1) is 27.0. The molecule has 3 aromatic rings. The van der Waals surface area contributed by atoms with E-state index in [0.29, 0.717) is 37.6 Å². The van der Waals surface area contributed by atoms with Crippen molar-refractivity contribution in [3.05, 3.63) is 94.6 Å². The molecule has 8 heteroatoms. The fourth-order valence-corrected chi connectivity index (χ4v) is 4.96. The lowest BCUT2D eigenvalue weighted by atomic mass is 9.94. The number of piperazine rings is 1. The number of hydrogen-bond donors (Lipinski definition) is 0. The lowest BCUT2D eigenvalue weighted by Crippen LogP contribution is -2.56. The van der Waals surface area contributed by atoms with Crippen LogP contribution in [-0.2, 0) is 16.1 Å². The van der Waals surface area contributed by atoms with E-state index in [-0.39, 0.29) is 41.6 Å². The number of esters is 1. The predicted octanol–water partition coefficient (Wildman–Crippen LogP) is 4.32. The van der Waals surface area contributed by atoms with Gasteiger partial charge in [-0.3, -0.25) is 9.59 Å². The number of aromatic nitrogens is 2. The summed E-state index contributed by atoms with van der Waals surface area (Å²) in [5.74, 6) is -0.748. The van der Waals surface area contributed by atoms with Crippen molar-refractivity contribution < 1.29 is 19.1 Å². The highest BCUT2D eigenvalue weighted by Gasteiger charge is 2.35. The van der Waals surface area contributed by atoms with E-state index in [1.165, 1.54) is 0 Å². The Morgan fingerprint density at radius 3 is 2.26 bits per heavy atom. The van der Waals surface area contributed by atoms with Crippen LogP contribution in [0.3, 0.4) is 0 Å². The lowest BCUT2D eigenvalue weighted by molar-refractivity contribution is -0.137. The Labute approximate surface area is 223 Å². The number of nitrogens with zero attached hydrogens (tertiary/aromatic N) is 4. The first-order valence-electron chi connectivity index (χ1n) is 13.0. The number of amides is 2. The third-order valence-electron chi connectivity index (χ3n) is 6.93. The van der Waals surface area contributed by atoms with Crippen LogP contribution < -0.4 is 0 Å². The second-order valence-corrected chi connectivity index (χ2v) is 9.64. The van der Waals surface area contributed by atoms with E-state index >= 15 is 0 Å². The largest absolute Gasteiger partial charge is 0.457 e. The van der Waals surface area contributed by atoms with E-state index in [1.807, 2.05) is 79.4 Å². The van der Waals surface area contributed by atoms with E-state index in [0.717, 1.165) is 11.1 Å². The van der Waals surface area contributed by atoms with E-state index in [1.54, 1.807) is 18.7 Å². The van der Waals surface area contributed by atoms with Gasteiger partial charge in [-0.15, -0.1) is 0 Å². The topological polar surface area (TPSA) is 92.7 Å². The van der Waals surface area contributed by atoms with Gasteiger partial charge in [0.25, 0.3) is 5.91 Å². The minimum absolute atomic E-state index is 0.0377. The van der Waals surface area contributed by atoms with Crippen molar-refractivity contribution in [2.75, 3.05) is 19.6 Å². The highest BCUT2D eigenvalue weighted by Crippen LogP contribution is 2.25. The van der Waals surface area contributed by atoms with Gasteiger partial charge in [0.15, 0.2) is 0 Å². The Balaban J connectivity index is 1.50. The van der Waals surface area contributed by atoms with Gasteiger partial charge in [-0.1, -0.05) is 67.6 Å². The molecule has 8 nitrogen and oxygen atoms in total. The van der Waals surface area contributed by atoms with Gasteiger partial charge in [-0.25, -0.2) is 14.8 Å². The number of ether oxygens (including phenoxy) is 1. The third-order valence-corrected chi connectivity index (χ3v) is 6.93. The Bertz CT molecular complexity index is 1300. The van der Waals surface area contributed by atoms with Crippen LogP contribution in [0.15, 0.2) is 60.7 Å². The fourth-order valence-electron chi connectivity index (χ4n) is 4.96. The molecule has 4 rings (SSSR count). The molecule has 38 heavy (non-hydrogen) atoms. The number of benzene rings is 2. The van der Waals surface area contributed by atoms with E-state index < -0.39 is 5.97 Å². The lowest BCUT2D eigenvalue weighted by Gasteiger charge is -2.41. The van der Waals surface area contributed by atoms with Gasteiger partial charge in [-0.2, -0.15) is 0 Å². The normalized spacial score (nSPS) is 16.2. The van der Waals surface area contributed by atoms with Crippen molar-refractivity contribution in [2.45, 2.75) is 52.7 Å². The SMILES string of the molecule is CCC(C(=O)N1CCN(C(=O)c2nc(C)nc(C)c2C(=O)OCc2ccccc2)CC1C)c1ccccc1. The van der Waals surface area contributed by atoms with Crippen LogP contribution in [0.25, 0.3) is 0 Å². The molecule has 2 atom stereocenters. The molecule has 198 valence electrons. The maximum Gasteiger partial charge on any atom is 0.342 e. The average Bonchev–Trinajstić information content (AvgIpc) is 2.92. The minimum Gasteiger partial charge on any atom is -0.457 e. The van der Waals surface area contributed by atoms with Gasteiger partial charge in [0.1, 0.15) is 23.7 Å². The number of rotatable bonds is 7. The fraction of sp³-hybridized carbons (Fsp3) is 0.367. The highest BCUT2D eigenvalue weighted by molar-refractivity contribution is 6.04. The quantitative estimate of drug-likeness (QED) is 0.436. The Hall–Kier alpha value is -4.07. The van der Waals surface area contributed by atoms with Crippen molar-refractivity contribution in [3.63, 3.8) is 0 Å². The molecule has 0 spiro atoms. The molecule has 2 unspecified atom stereocenters. The summed E-state index contributed by atoms with van der Waals surface area (Å²) < 4.78 is 5.52. The van der Waals surface area contributed by atoms with Crippen LogP contribution in [0.1, 0.15) is 69.7 Å². The standard InChI is InChI=1S/C30H34N4O4/c1-5-25(24-14-10-7-11-15-24)28(35)34-17-16-33(18-20(34)2)29(36)27-26(21(3)31-22(4)32-27)30(37)38-19-23-12-8-6-9-13-23/h6-15,20,25H,5,16-19H2,1-4H3. The Morgan fingerprint density at radius 1 is 0.974 bits per heavy atom. The molecule has 2 heterocycles. The second-order valence-electron chi connectivity index (χ2n) is 9.64. The molecule has 0 saturated carbocycles. The number of carbonyl (C=O) groups is 3. The van der Waals surface area contributed by atoms with E-state index in [9.17, 15) is 14.4 Å². The summed E-state index contributed by atoms with van der Waals surface area (Å²) in [4.78, 5) is 52.4. The number of carbonyl (C=O) groups excluding carboxylic acids is 3. The van der Waals surface area contributed by atoms with Gasteiger partial charge in [-0.05, 0) is 38.3 Å². The van der Waals surface area contributed by atoms with Crippen LogP contribution in [0.4, 0.5) is 0 Å². The van der Waals surface area contributed by atoms with Gasteiger partial charge >= 0.3 is 5.97 Å². The number of hydrogen-bond acceptors (Lipinski definition) is 6. The zero-order valence-corrected chi connectivity index (χ0v) is 22.4. The summed E-state index contributed by atoms with van der Waals surface area (Å²) in [5, 5.41) is 0. The monoisotopic (exact) mass is 514 g/mol. The average molecular weight is 515 g/mol. The number of aryl methyl sites for hydroxylation is 2. The minimum atomic E-state index is -0.634. The van der Waals surface area contributed by atoms with Gasteiger partial charge in [0.2, 0.25) is 5.91 Å². The predicted molar refractivity (Wildman–Crippen MR) is 144 cm³/mol. The summed E-state index contributed by atoms with van der Waals surface area (Å²) in [6.07, 6.45) is 0.697. The molecule has 0 aliphatic carbocycles. The van der Waals surface area contributed by atoms with Crippen LogP contribution >= 0.6 is 0 Å². The highest BCUT2D eigenvalue weighted by atomic mass is 16.5. The van der Waals surface area contributed by atoms with Gasteiger partial charge in [0, 0.05) is 25.7 Å². The van der Waals surface area contributed by atoms with Crippen LogP contribution in [0.2, 0.25) is 0 Å². The summed E-state index contributed by atoms with van der Waals surface area (Å²) >= 11 is 0. The van der Waals surface area contributed by atoms with E-state index in [2.05, 4.69) is 9.97 Å². The Morgan fingerprint density at radius 2 is 1.63 bits per heavy atom. The summed E-state index contributed by atoms with van der Waals surface area (Å²) in [5.41, 5.74) is 2.36. The smallest absolute Gasteiger partial charge is 0.342 e. The van der Waals surface area contributed by atoms with E-state index in [4.69, 9.17) is 4.74 Å². The van der Waals surface area contributed by atoms with Crippen molar-refractivity contribution in [2.24, 2.45) is 0 Å².